The number of rotatable bonds is 6. The second-order valence-corrected chi connectivity index (χ2v) is 5.66. The molecule has 0 bridgehead atoms. The number of aliphatic carboxylic acids is 1. The van der Waals surface area contributed by atoms with Gasteiger partial charge in [0.05, 0.1) is 12.5 Å². The third kappa shape index (κ3) is 3.88. The number of carboxylic acids is 1. The summed E-state index contributed by atoms with van der Waals surface area (Å²) >= 11 is 0. The van der Waals surface area contributed by atoms with Crippen LogP contribution >= 0.6 is 0 Å². The van der Waals surface area contributed by atoms with E-state index >= 15 is 0 Å². The van der Waals surface area contributed by atoms with E-state index in [9.17, 15) is 9.90 Å². The number of benzene rings is 2. The van der Waals surface area contributed by atoms with E-state index in [1.165, 1.54) is 0 Å². The SMILES string of the molecule is Cc1ccc(C(CCOc2c(C)cccc2C)C(=O)O)cc1. The molecule has 0 saturated carbocycles. The van der Waals surface area contributed by atoms with E-state index in [0.29, 0.717) is 13.0 Å². The lowest BCUT2D eigenvalue weighted by molar-refractivity contribution is -0.139. The highest BCUT2D eigenvalue weighted by atomic mass is 16.5. The predicted molar refractivity (Wildman–Crippen MR) is 87.6 cm³/mol. The first-order chi connectivity index (χ1) is 10.5. The van der Waals surface area contributed by atoms with Crippen molar-refractivity contribution in [2.24, 2.45) is 0 Å². The summed E-state index contributed by atoms with van der Waals surface area (Å²) in [4.78, 5) is 11.5. The van der Waals surface area contributed by atoms with Crippen LogP contribution in [-0.2, 0) is 4.79 Å². The largest absolute Gasteiger partial charge is 0.493 e. The predicted octanol–water partition coefficient (Wildman–Crippen LogP) is 4.25. The molecule has 0 aliphatic carbocycles. The highest BCUT2D eigenvalue weighted by molar-refractivity contribution is 5.76. The molecule has 116 valence electrons. The Morgan fingerprint density at radius 3 is 2.18 bits per heavy atom. The molecule has 0 amide bonds. The van der Waals surface area contributed by atoms with Crippen LogP contribution in [0.15, 0.2) is 42.5 Å². The van der Waals surface area contributed by atoms with Crippen LogP contribution in [-0.4, -0.2) is 17.7 Å². The molecule has 1 atom stereocenters. The third-order valence-corrected chi connectivity index (χ3v) is 3.84. The van der Waals surface area contributed by atoms with E-state index in [1.807, 2.05) is 63.2 Å². The van der Waals surface area contributed by atoms with E-state index in [1.54, 1.807) is 0 Å². The Kier molecular flexibility index (Phi) is 5.21. The van der Waals surface area contributed by atoms with Gasteiger partial charge in [0.25, 0.3) is 0 Å². The number of hydrogen-bond donors (Lipinski definition) is 1. The van der Waals surface area contributed by atoms with Gasteiger partial charge < -0.3 is 9.84 Å². The average molecular weight is 298 g/mol. The molecule has 2 aromatic carbocycles. The number of carbonyl (C=O) groups is 1. The summed E-state index contributed by atoms with van der Waals surface area (Å²) in [6.07, 6.45) is 0.451. The van der Waals surface area contributed by atoms with Crippen LogP contribution in [0.1, 0.15) is 34.6 Å². The van der Waals surface area contributed by atoms with Crippen molar-refractivity contribution < 1.29 is 14.6 Å². The molecule has 0 aliphatic heterocycles. The van der Waals surface area contributed by atoms with Crippen molar-refractivity contribution in [3.8, 4) is 5.75 Å². The first-order valence-corrected chi connectivity index (χ1v) is 7.47. The minimum atomic E-state index is -0.811. The molecule has 0 spiro atoms. The van der Waals surface area contributed by atoms with Crippen LogP contribution in [0.4, 0.5) is 0 Å². The van der Waals surface area contributed by atoms with Gasteiger partial charge >= 0.3 is 5.97 Å². The monoisotopic (exact) mass is 298 g/mol. The van der Waals surface area contributed by atoms with Crippen LogP contribution in [0.3, 0.4) is 0 Å². The molecule has 0 heterocycles. The number of para-hydroxylation sites is 1. The van der Waals surface area contributed by atoms with Gasteiger partial charge in [0.1, 0.15) is 5.75 Å². The van der Waals surface area contributed by atoms with Gasteiger partial charge in [0.15, 0.2) is 0 Å². The summed E-state index contributed by atoms with van der Waals surface area (Å²) in [7, 11) is 0. The van der Waals surface area contributed by atoms with Crippen LogP contribution in [0.25, 0.3) is 0 Å². The van der Waals surface area contributed by atoms with Crippen molar-refractivity contribution in [1.82, 2.24) is 0 Å². The lowest BCUT2D eigenvalue weighted by Gasteiger charge is -2.16. The highest BCUT2D eigenvalue weighted by Gasteiger charge is 2.20. The summed E-state index contributed by atoms with van der Waals surface area (Å²) in [6, 6.07) is 13.6. The highest BCUT2D eigenvalue weighted by Crippen LogP contribution is 2.25. The van der Waals surface area contributed by atoms with Crippen molar-refractivity contribution in [1.29, 1.82) is 0 Å². The first-order valence-electron chi connectivity index (χ1n) is 7.47. The fraction of sp³-hybridized carbons (Fsp3) is 0.316. The Morgan fingerprint density at radius 2 is 1.64 bits per heavy atom. The van der Waals surface area contributed by atoms with E-state index in [0.717, 1.165) is 28.0 Å². The lowest BCUT2D eigenvalue weighted by atomic mass is 9.95. The zero-order chi connectivity index (χ0) is 16.1. The van der Waals surface area contributed by atoms with Gasteiger partial charge in [-0.1, -0.05) is 48.0 Å². The van der Waals surface area contributed by atoms with Crippen molar-refractivity contribution in [3.63, 3.8) is 0 Å². The van der Waals surface area contributed by atoms with Crippen LogP contribution in [0, 0.1) is 20.8 Å². The molecule has 2 rings (SSSR count). The quantitative estimate of drug-likeness (QED) is 0.867. The number of carboxylic acid groups (broad SMARTS) is 1. The Hall–Kier alpha value is -2.29. The van der Waals surface area contributed by atoms with Crippen LogP contribution < -0.4 is 4.74 Å². The van der Waals surface area contributed by atoms with Crippen LogP contribution in [0.5, 0.6) is 5.75 Å². The minimum absolute atomic E-state index is 0.385. The molecule has 3 heteroatoms. The summed E-state index contributed by atoms with van der Waals surface area (Å²) in [5.74, 6) is -0.491. The number of aryl methyl sites for hydroxylation is 3. The van der Waals surface area contributed by atoms with Gasteiger partial charge in [0.2, 0.25) is 0 Å². The summed E-state index contributed by atoms with van der Waals surface area (Å²) in [5, 5.41) is 9.45. The molecule has 1 unspecified atom stereocenters. The summed E-state index contributed by atoms with van der Waals surface area (Å²) in [6.45, 7) is 6.37. The molecule has 3 nitrogen and oxygen atoms in total. The molecule has 1 N–H and O–H groups in total. The Bertz CT molecular complexity index is 624. The number of hydrogen-bond acceptors (Lipinski definition) is 2. The third-order valence-electron chi connectivity index (χ3n) is 3.84. The average Bonchev–Trinajstić information content (AvgIpc) is 2.47. The van der Waals surface area contributed by atoms with Crippen molar-refractivity contribution in [2.45, 2.75) is 33.1 Å². The Morgan fingerprint density at radius 1 is 1.05 bits per heavy atom. The van der Waals surface area contributed by atoms with Gasteiger partial charge in [-0.2, -0.15) is 0 Å². The van der Waals surface area contributed by atoms with Gasteiger partial charge in [-0.05, 0) is 43.9 Å². The Labute approximate surface area is 131 Å². The fourth-order valence-electron chi connectivity index (χ4n) is 2.54. The van der Waals surface area contributed by atoms with Crippen LogP contribution in [0.2, 0.25) is 0 Å². The maximum absolute atomic E-state index is 11.5. The molecule has 22 heavy (non-hydrogen) atoms. The molecule has 2 aromatic rings. The second kappa shape index (κ2) is 7.12. The molecular weight excluding hydrogens is 276 g/mol. The zero-order valence-electron chi connectivity index (χ0n) is 13.3. The van der Waals surface area contributed by atoms with Gasteiger partial charge in [-0.25, -0.2) is 0 Å². The summed E-state index contributed by atoms with van der Waals surface area (Å²) in [5.41, 5.74) is 4.09. The first kappa shape index (κ1) is 16.1. The van der Waals surface area contributed by atoms with Gasteiger partial charge in [-0.3, -0.25) is 4.79 Å². The lowest BCUT2D eigenvalue weighted by Crippen LogP contribution is -2.15. The summed E-state index contributed by atoms with van der Waals surface area (Å²) < 4.78 is 5.83. The van der Waals surface area contributed by atoms with E-state index in [4.69, 9.17) is 4.74 Å². The zero-order valence-corrected chi connectivity index (χ0v) is 13.3. The molecule has 0 radical (unpaired) electrons. The number of ether oxygens (including phenoxy) is 1. The normalized spacial score (nSPS) is 12.0. The standard InChI is InChI=1S/C19H22O3/c1-13-7-9-16(10-8-13)17(19(20)21)11-12-22-18-14(2)5-4-6-15(18)3/h4-10,17H,11-12H2,1-3H3,(H,20,21). The smallest absolute Gasteiger partial charge is 0.311 e. The van der Waals surface area contributed by atoms with E-state index < -0.39 is 11.9 Å². The molecule has 0 saturated heterocycles. The molecular formula is C19H22O3. The van der Waals surface area contributed by atoms with E-state index in [2.05, 4.69) is 0 Å². The van der Waals surface area contributed by atoms with Gasteiger partial charge in [-0.15, -0.1) is 0 Å². The fourth-order valence-corrected chi connectivity index (χ4v) is 2.54. The topological polar surface area (TPSA) is 46.5 Å². The minimum Gasteiger partial charge on any atom is -0.493 e. The maximum atomic E-state index is 11.5. The Balaban J connectivity index is 2.04. The van der Waals surface area contributed by atoms with Crippen molar-refractivity contribution >= 4 is 5.97 Å². The molecule has 0 fully saturated rings. The second-order valence-electron chi connectivity index (χ2n) is 5.66. The maximum Gasteiger partial charge on any atom is 0.311 e. The molecule has 0 aliphatic rings. The van der Waals surface area contributed by atoms with Gasteiger partial charge in [0, 0.05) is 0 Å². The van der Waals surface area contributed by atoms with Crippen molar-refractivity contribution in [2.75, 3.05) is 6.61 Å². The molecule has 0 aromatic heterocycles. The van der Waals surface area contributed by atoms with E-state index in [-0.39, 0.29) is 0 Å². The van der Waals surface area contributed by atoms with Crippen molar-refractivity contribution in [3.05, 3.63) is 64.7 Å².